The maximum absolute atomic E-state index is 12.3. The van der Waals surface area contributed by atoms with Crippen molar-refractivity contribution in [3.05, 3.63) is 60.2 Å². The zero-order chi connectivity index (χ0) is 22.7. The SMILES string of the molecule is CC(C)Oc1cccc(N(CCCC(=O)NCCOCc2ccccc2)S(C)(=O)=O)c1. The lowest BCUT2D eigenvalue weighted by Crippen LogP contribution is -2.32. The summed E-state index contributed by atoms with van der Waals surface area (Å²) in [5.74, 6) is 0.475. The fourth-order valence-corrected chi connectivity index (χ4v) is 3.93. The van der Waals surface area contributed by atoms with E-state index in [9.17, 15) is 13.2 Å². The molecule has 1 N–H and O–H groups in total. The van der Waals surface area contributed by atoms with Crippen molar-refractivity contribution in [3.8, 4) is 5.75 Å². The Balaban J connectivity index is 1.76. The second-order valence-corrected chi connectivity index (χ2v) is 9.40. The molecular formula is C23H32N2O5S. The molecule has 0 atom stereocenters. The van der Waals surface area contributed by atoms with Crippen LogP contribution >= 0.6 is 0 Å². The van der Waals surface area contributed by atoms with Crippen molar-refractivity contribution in [2.75, 3.05) is 30.3 Å². The molecule has 0 spiro atoms. The van der Waals surface area contributed by atoms with E-state index >= 15 is 0 Å². The molecule has 8 heteroatoms. The number of benzene rings is 2. The summed E-state index contributed by atoms with van der Waals surface area (Å²) < 4.78 is 37.0. The molecule has 0 fully saturated rings. The minimum absolute atomic E-state index is 0.0118. The lowest BCUT2D eigenvalue weighted by atomic mass is 10.2. The molecule has 0 bridgehead atoms. The molecule has 0 aliphatic carbocycles. The number of carbonyl (C=O) groups excluding carboxylic acids is 1. The van der Waals surface area contributed by atoms with Crippen LogP contribution < -0.4 is 14.4 Å². The first-order chi connectivity index (χ1) is 14.8. The number of hydrogen-bond acceptors (Lipinski definition) is 5. The third-order valence-corrected chi connectivity index (χ3v) is 5.52. The Morgan fingerprint density at radius 3 is 2.52 bits per heavy atom. The Kier molecular flexibility index (Phi) is 9.81. The molecule has 31 heavy (non-hydrogen) atoms. The van der Waals surface area contributed by atoms with Crippen LogP contribution in [0.5, 0.6) is 5.75 Å². The van der Waals surface area contributed by atoms with E-state index in [-0.39, 0.29) is 25.0 Å². The molecule has 1 amide bonds. The van der Waals surface area contributed by atoms with E-state index in [0.717, 1.165) is 11.8 Å². The van der Waals surface area contributed by atoms with E-state index in [4.69, 9.17) is 9.47 Å². The monoisotopic (exact) mass is 448 g/mol. The highest BCUT2D eigenvalue weighted by Crippen LogP contribution is 2.24. The van der Waals surface area contributed by atoms with E-state index in [1.165, 1.54) is 4.31 Å². The summed E-state index contributed by atoms with van der Waals surface area (Å²) in [5.41, 5.74) is 1.60. The van der Waals surface area contributed by atoms with E-state index in [1.54, 1.807) is 24.3 Å². The third-order valence-electron chi connectivity index (χ3n) is 4.32. The Bertz CT molecular complexity index is 917. The third kappa shape index (κ3) is 9.40. The molecule has 0 aliphatic rings. The summed E-state index contributed by atoms with van der Waals surface area (Å²) in [6.45, 7) is 5.36. The number of anilines is 1. The summed E-state index contributed by atoms with van der Waals surface area (Å²) in [6, 6.07) is 16.8. The van der Waals surface area contributed by atoms with Gasteiger partial charge in [-0.2, -0.15) is 0 Å². The second kappa shape index (κ2) is 12.3. The first kappa shape index (κ1) is 24.7. The van der Waals surface area contributed by atoms with Gasteiger partial charge >= 0.3 is 0 Å². The molecule has 0 aromatic heterocycles. The predicted octanol–water partition coefficient (Wildman–Crippen LogP) is 3.35. The van der Waals surface area contributed by atoms with Gasteiger partial charge in [0.25, 0.3) is 0 Å². The largest absolute Gasteiger partial charge is 0.491 e. The molecule has 7 nitrogen and oxygen atoms in total. The molecule has 0 saturated carbocycles. The quantitative estimate of drug-likeness (QED) is 0.475. The maximum Gasteiger partial charge on any atom is 0.232 e. The summed E-state index contributed by atoms with van der Waals surface area (Å²) in [7, 11) is -3.49. The molecule has 2 aromatic carbocycles. The van der Waals surface area contributed by atoms with E-state index in [2.05, 4.69) is 5.32 Å². The lowest BCUT2D eigenvalue weighted by Gasteiger charge is -2.23. The van der Waals surface area contributed by atoms with Gasteiger partial charge in [0, 0.05) is 25.6 Å². The molecular weight excluding hydrogens is 416 g/mol. The Morgan fingerprint density at radius 1 is 1.10 bits per heavy atom. The van der Waals surface area contributed by atoms with Crippen LogP contribution in [0.4, 0.5) is 5.69 Å². The number of carbonyl (C=O) groups is 1. The minimum Gasteiger partial charge on any atom is -0.491 e. The van der Waals surface area contributed by atoms with Crippen molar-refractivity contribution < 1.29 is 22.7 Å². The summed E-state index contributed by atoms with van der Waals surface area (Å²) >= 11 is 0. The van der Waals surface area contributed by atoms with Gasteiger partial charge in [-0.1, -0.05) is 36.4 Å². The number of amides is 1. The van der Waals surface area contributed by atoms with Crippen molar-refractivity contribution in [2.45, 2.75) is 39.4 Å². The smallest absolute Gasteiger partial charge is 0.232 e. The van der Waals surface area contributed by atoms with Gasteiger partial charge in [0.2, 0.25) is 15.9 Å². The molecule has 0 unspecified atom stereocenters. The van der Waals surface area contributed by atoms with Crippen LogP contribution in [0.15, 0.2) is 54.6 Å². The normalized spacial score (nSPS) is 11.4. The zero-order valence-corrected chi connectivity index (χ0v) is 19.2. The van der Waals surface area contributed by atoms with Crippen LogP contribution in [0.3, 0.4) is 0 Å². The van der Waals surface area contributed by atoms with Crippen LogP contribution in [0.1, 0.15) is 32.3 Å². The summed E-state index contributed by atoms with van der Waals surface area (Å²) in [4.78, 5) is 12.1. The molecule has 2 aromatic rings. The highest BCUT2D eigenvalue weighted by atomic mass is 32.2. The molecule has 0 radical (unpaired) electrons. The Hall–Kier alpha value is -2.58. The van der Waals surface area contributed by atoms with Crippen LogP contribution in [0.2, 0.25) is 0 Å². The summed E-state index contributed by atoms with van der Waals surface area (Å²) in [6.07, 6.45) is 1.78. The van der Waals surface area contributed by atoms with Crippen molar-refractivity contribution in [2.24, 2.45) is 0 Å². The second-order valence-electron chi connectivity index (χ2n) is 7.49. The number of sulfonamides is 1. The van der Waals surface area contributed by atoms with E-state index in [0.29, 0.717) is 37.6 Å². The molecule has 0 aliphatic heterocycles. The van der Waals surface area contributed by atoms with Gasteiger partial charge in [0.05, 0.1) is 31.3 Å². The molecule has 170 valence electrons. The van der Waals surface area contributed by atoms with E-state index in [1.807, 2.05) is 44.2 Å². The maximum atomic E-state index is 12.3. The van der Waals surface area contributed by atoms with Gasteiger partial charge in [-0.15, -0.1) is 0 Å². The molecule has 2 rings (SSSR count). The topological polar surface area (TPSA) is 84.9 Å². The van der Waals surface area contributed by atoms with Crippen LogP contribution in [0, 0.1) is 0 Å². The number of nitrogens with zero attached hydrogens (tertiary/aromatic N) is 1. The van der Waals surface area contributed by atoms with Gasteiger partial charge in [-0.05, 0) is 38.0 Å². The minimum atomic E-state index is -3.49. The van der Waals surface area contributed by atoms with Gasteiger partial charge in [-0.25, -0.2) is 8.42 Å². The lowest BCUT2D eigenvalue weighted by molar-refractivity contribution is -0.121. The predicted molar refractivity (Wildman–Crippen MR) is 123 cm³/mol. The standard InChI is InChI=1S/C23H32N2O5S/c1-19(2)30-22-12-7-11-21(17-22)25(31(3,27)28)15-8-13-23(26)24-14-16-29-18-20-9-5-4-6-10-20/h4-7,9-12,17,19H,8,13-16,18H2,1-3H3,(H,24,26). The fraction of sp³-hybridized carbons (Fsp3) is 0.435. The summed E-state index contributed by atoms with van der Waals surface area (Å²) in [5, 5.41) is 2.80. The van der Waals surface area contributed by atoms with Crippen molar-refractivity contribution in [1.29, 1.82) is 0 Å². The first-order valence-corrected chi connectivity index (χ1v) is 12.2. The van der Waals surface area contributed by atoms with Crippen molar-refractivity contribution in [3.63, 3.8) is 0 Å². The fourth-order valence-electron chi connectivity index (χ4n) is 2.97. The van der Waals surface area contributed by atoms with Crippen LogP contribution in [-0.4, -0.2) is 46.4 Å². The molecule has 0 heterocycles. The first-order valence-electron chi connectivity index (χ1n) is 10.4. The number of nitrogens with one attached hydrogen (secondary N) is 1. The Labute approximate surface area is 185 Å². The van der Waals surface area contributed by atoms with Crippen molar-refractivity contribution in [1.82, 2.24) is 5.32 Å². The van der Waals surface area contributed by atoms with Crippen LogP contribution in [-0.2, 0) is 26.2 Å². The van der Waals surface area contributed by atoms with Gasteiger partial charge < -0.3 is 14.8 Å². The average Bonchev–Trinajstić information content (AvgIpc) is 2.70. The van der Waals surface area contributed by atoms with Gasteiger partial charge in [0.1, 0.15) is 5.75 Å². The highest BCUT2D eigenvalue weighted by Gasteiger charge is 2.18. The van der Waals surface area contributed by atoms with E-state index < -0.39 is 10.0 Å². The number of hydrogen-bond donors (Lipinski definition) is 1. The van der Waals surface area contributed by atoms with Crippen LogP contribution in [0.25, 0.3) is 0 Å². The van der Waals surface area contributed by atoms with Gasteiger partial charge in [0.15, 0.2) is 0 Å². The van der Waals surface area contributed by atoms with Gasteiger partial charge in [-0.3, -0.25) is 9.10 Å². The highest BCUT2D eigenvalue weighted by molar-refractivity contribution is 7.92. The number of ether oxygens (including phenoxy) is 2. The average molecular weight is 449 g/mol. The zero-order valence-electron chi connectivity index (χ0n) is 18.4. The van der Waals surface area contributed by atoms with Crippen molar-refractivity contribution >= 4 is 21.6 Å². The Morgan fingerprint density at radius 2 is 1.84 bits per heavy atom. The molecule has 0 saturated heterocycles. The number of rotatable bonds is 13.